The lowest BCUT2D eigenvalue weighted by Gasteiger charge is -2.41. The third-order valence-electron chi connectivity index (χ3n) is 4.83. The molecule has 5 nitrogen and oxygen atoms in total. The second kappa shape index (κ2) is 9.28. The number of halogens is 1. The summed E-state index contributed by atoms with van der Waals surface area (Å²) in [6, 6.07) is 10.9. The molecular weight excluding hydrogens is 335 g/mol. The molecule has 1 aromatic carbocycles. The molecule has 0 saturated carbocycles. The number of ether oxygens (including phenoxy) is 1. The van der Waals surface area contributed by atoms with Crippen LogP contribution < -0.4 is 0 Å². The first-order chi connectivity index (χ1) is 12.7. The normalized spacial score (nSPS) is 19.1. The number of methoxy groups -OCH3 is 1. The molecule has 0 radical (unpaired) electrons. The van der Waals surface area contributed by atoms with Gasteiger partial charge in [0.05, 0.1) is 6.54 Å². The van der Waals surface area contributed by atoms with Gasteiger partial charge in [-0.2, -0.15) is 0 Å². The molecule has 3 rings (SSSR count). The molecule has 1 aliphatic heterocycles. The molecule has 1 unspecified atom stereocenters. The Balaban J connectivity index is 1.58. The molecular formula is C20H27FN2O3. The number of aliphatic hydroxyl groups excluding tert-OH is 1. The summed E-state index contributed by atoms with van der Waals surface area (Å²) in [5.74, 6) is 1.56. The summed E-state index contributed by atoms with van der Waals surface area (Å²) in [5.41, 5.74) is 1.10. The van der Waals surface area contributed by atoms with Gasteiger partial charge in [0.15, 0.2) is 0 Å². The summed E-state index contributed by atoms with van der Waals surface area (Å²) < 4.78 is 24.0. The van der Waals surface area contributed by atoms with Crippen molar-refractivity contribution < 1.29 is 18.7 Å². The van der Waals surface area contributed by atoms with Gasteiger partial charge in [-0.15, -0.1) is 0 Å². The molecule has 6 heteroatoms. The van der Waals surface area contributed by atoms with Crippen molar-refractivity contribution >= 4 is 0 Å². The van der Waals surface area contributed by atoms with Crippen LogP contribution in [0.5, 0.6) is 0 Å². The molecule has 1 atom stereocenters. The molecule has 1 N–H and O–H groups in total. The van der Waals surface area contributed by atoms with Gasteiger partial charge in [-0.1, -0.05) is 12.1 Å². The van der Waals surface area contributed by atoms with Crippen molar-refractivity contribution in [2.24, 2.45) is 0 Å². The van der Waals surface area contributed by atoms with Crippen molar-refractivity contribution in [1.82, 2.24) is 9.80 Å². The molecule has 0 amide bonds. The average molecular weight is 362 g/mol. The summed E-state index contributed by atoms with van der Waals surface area (Å²) in [4.78, 5) is 4.73. The summed E-state index contributed by atoms with van der Waals surface area (Å²) >= 11 is 0. The van der Waals surface area contributed by atoms with Gasteiger partial charge in [0.1, 0.15) is 23.9 Å². The first-order valence-electron chi connectivity index (χ1n) is 9.06. The van der Waals surface area contributed by atoms with Crippen LogP contribution in [-0.2, 0) is 24.4 Å². The molecule has 1 fully saturated rings. The van der Waals surface area contributed by atoms with Gasteiger partial charge in [-0.3, -0.25) is 9.80 Å². The molecule has 142 valence electrons. The van der Waals surface area contributed by atoms with E-state index in [0.717, 1.165) is 56.2 Å². The van der Waals surface area contributed by atoms with Gasteiger partial charge < -0.3 is 14.3 Å². The fourth-order valence-corrected chi connectivity index (χ4v) is 3.50. The highest BCUT2D eigenvalue weighted by atomic mass is 19.1. The first kappa shape index (κ1) is 19.0. The highest BCUT2D eigenvalue weighted by molar-refractivity contribution is 5.16. The number of furan rings is 1. The van der Waals surface area contributed by atoms with Crippen LogP contribution in [-0.4, -0.2) is 54.3 Å². The Kier molecular flexibility index (Phi) is 6.80. The Hall–Kier alpha value is -1.73. The lowest BCUT2D eigenvalue weighted by Crippen LogP contribution is -2.52. The Bertz CT molecular complexity index is 674. The van der Waals surface area contributed by atoms with Crippen LogP contribution in [0, 0.1) is 5.82 Å². The van der Waals surface area contributed by atoms with Gasteiger partial charge >= 0.3 is 0 Å². The number of hydrogen-bond donors (Lipinski definition) is 1. The predicted molar refractivity (Wildman–Crippen MR) is 97.0 cm³/mol. The van der Waals surface area contributed by atoms with Crippen LogP contribution >= 0.6 is 0 Å². The van der Waals surface area contributed by atoms with Gasteiger partial charge in [0.25, 0.3) is 0 Å². The molecule has 2 heterocycles. The third-order valence-corrected chi connectivity index (χ3v) is 4.83. The van der Waals surface area contributed by atoms with Crippen LogP contribution in [0.2, 0.25) is 0 Å². The molecule has 2 aromatic rings. The maximum atomic E-state index is 13.1. The number of hydrogen-bond acceptors (Lipinski definition) is 5. The van der Waals surface area contributed by atoms with Crippen molar-refractivity contribution in [3.05, 3.63) is 59.3 Å². The van der Waals surface area contributed by atoms with Crippen LogP contribution in [0.15, 0.2) is 40.8 Å². The summed E-state index contributed by atoms with van der Waals surface area (Å²) in [6.45, 7) is 4.91. The Morgan fingerprint density at radius 2 is 1.88 bits per heavy atom. The molecule has 1 saturated heterocycles. The Morgan fingerprint density at radius 1 is 1.12 bits per heavy atom. The minimum atomic E-state index is -0.211. The zero-order valence-electron chi connectivity index (χ0n) is 15.2. The molecule has 1 aliphatic rings. The van der Waals surface area contributed by atoms with E-state index in [-0.39, 0.29) is 18.5 Å². The number of aliphatic hydroxyl groups is 1. The maximum Gasteiger partial charge on any atom is 0.129 e. The van der Waals surface area contributed by atoms with Crippen molar-refractivity contribution in [3.63, 3.8) is 0 Å². The number of nitrogens with zero attached hydrogens (tertiary/aromatic N) is 2. The summed E-state index contributed by atoms with van der Waals surface area (Å²) in [7, 11) is 1.65. The standard InChI is InChI=1S/C20H27FN2O3/c1-25-15-20-7-6-19(26-20)14-22-9-10-23(18(13-22)8-11-24)12-16-2-4-17(21)5-3-16/h2-7,18,24H,8-15H2,1H3. The highest BCUT2D eigenvalue weighted by Gasteiger charge is 2.27. The molecule has 0 spiro atoms. The lowest BCUT2D eigenvalue weighted by molar-refractivity contribution is 0.0462. The van der Waals surface area contributed by atoms with Gasteiger partial charge in [-0.25, -0.2) is 4.39 Å². The summed E-state index contributed by atoms with van der Waals surface area (Å²) in [6.07, 6.45) is 0.727. The number of piperazine rings is 1. The van der Waals surface area contributed by atoms with Crippen molar-refractivity contribution in [2.45, 2.75) is 32.2 Å². The van der Waals surface area contributed by atoms with E-state index in [1.807, 2.05) is 24.3 Å². The van der Waals surface area contributed by atoms with Gasteiger partial charge in [-0.05, 0) is 36.2 Å². The van der Waals surface area contributed by atoms with E-state index in [9.17, 15) is 9.50 Å². The first-order valence-corrected chi connectivity index (χ1v) is 9.06. The average Bonchev–Trinajstić information content (AvgIpc) is 3.07. The van der Waals surface area contributed by atoms with E-state index in [1.165, 1.54) is 12.1 Å². The Labute approximate surface area is 154 Å². The smallest absolute Gasteiger partial charge is 0.129 e. The fourth-order valence-electron chi connectivity index (χ4n) is 3.50. The number of rotatable bonds is 8. The van der Waals surface area contributed by atoms with Gasteiger partial charge in [0, 0.05) is 45.9 Å². The van der Waals surface area contributed by atoms with Crippen molar-refractivity contribution in [3.8, 4) is 0 Å². The highest BCUT2D eigenvalue weighted by Crippen LogP contribution is 2.19. The maximum absolute atomic E-state index is 13.1. The molecule has 0 aliphatic carbocycles. The van der Waals surface area contributed by atoms with Crippen molar-refractivity contribution in [2.75, 3.05) is 33.4 Å². The van der Waals surface area contributed by atoms with E-state index in [0.29, 0.717) is 6.61 Å². The van der Waals surface area contributed by atoms with E-state index in [2.05, 4.69) is 9.80 Å². The zero-order valence-corrected chi connectivity index (χ0v) is 15.2. The van der Waals surface area contributed by atoms with E-state index >= 15 is 0 Å². The number of benzene rings is 1. The predicted octanol–water partition coefficient (Wildman–Crippen LogP) is 2.63. The second-order valence-corrected chi connectivity index (χ2v) is 6.80. The molecule has 0 bridgehead atoms. The molecule has 1 aromatic heterocycles. The van der Waals surface area contributed by atoms with E-state index in [1.54, 1.807) is 7.11 Å². The summed E-state index contributed by atoms with van der Waals surface area (Å²) in [5, 5.41) is 9.45. The van der Waals surface area contributed by atoms with Crippen LogP contribution in [0.3, 0.4) is 0 Å². The zero-order chi connectivity index (χ0) is 18.4. The van der Waals surface area contributed by atoms with Crippen LogP contribution in [0.1, 0.15) is 23.5 Å². The lowest BCUT2D eigenvalue weighted by atomic mass is 10.1. The Morgan fingerprint density at radius 3 is 2.62 bits per heavy atom. The van der Waals surface area contributed by atoms with E-state index < -0.39 is 0 Å². The topological polar surface area (TPSA) is 49.1 Å². The minimum Gasteiger partial charge on any atom is -0.462 e. The van der Waals surface area contributed by atoms with Gasteiger partial charge in [0.2, 0.25) is 0 Å². The fraction of sp³-hybridized carbons (Fsp3) is 0.500. The van der Waals surface area contributed by atoms with E-state index in [4.69, 9.17) is 9.15 Å². The second-order valence-electron chi connectivity index (χ2n) is 6.80. The largest absolute Gasteiger partial charge is 0.462 e. The van der Waals surface area contributed by atoms with Crippen LogP contribution in [0.25, 0.3) is 0 Å². The van der Waals surface area contributed by atoms with Crippen LogP contribution in [0.4, 0.5) is 4.39 Å². The quantitative estimate of drug-likeness (QED) is 0.782. The molecule has 26 heavy (non-hydrogen) atoms. The van der Waals surface area contributed by atoms with Crippen molar-refractivity contribution in [1.29, 1.82) is 0 Å². The monoisotopic (exact) mass is 362 g/mol. The SMILES string of the molecule is COCc1ccc(CN2CCN(Cc3ccc(F)cc3)C(CCO)C2)o1. The third kappa shape index (κ3) is 5.14. The minimum absolute atomic E-state index is 0.164.